The van der Waals surface area contributed by atoms with Gasteiger partial charge in [-0.1, -0.05) is 18.2 Å². The molecule has 2 aromatic carbocycles. The maximum absolute atomic E-state index is 12.1. The molecule has 156 valence electrons. The van der Waals surface area contributed by atoms with E-state index in [1.165, 1.54) is 6.08 Å². The highest BCUT2D eigenvalue weighted by Crippen LogP contribution is 2.24. The molecule has 30 heavy (non-hydrogen) atoms. The van der Waals surface area contributed by atoms with E-state index in [-0.39, 0.29) is 6.04 Å². The number of hydrogen-bond donors (Lipinski definition) is 1. The minimum absolute atomic E-state index is 0.358. The minimum Gasteiger partial charge on any atom is -0.497 e. The zero-order valence-corrected chi connectivity index (χ0v) is 17.0. The third kappa shape index (κ3) is 5.41. The average Bonchev–Trinajstić information content (AvgIpc) is 3.20. The van der Waals surface area contributed by atoms with Gasteiger partial charge in [0.15, 0.2) is 6.61 Å². The first-order valence-corrected chi connectivity index (χ1v) is 9.34. The predicted octanol–water partition coefficient (Wildman–Crippen LogP) is 3.88. The molecule has 0 aliphatic carbocycles. The summed E-state index contributed by atoms with van der Waals surface area (Å²) in [6.45, 7) is 1.41. The molecule has 1 heterocycles. The first kappa shape index (κ1) is 21.0. The molecule has 1 atom stereocenters. The van der Waals surface area contributed by atoms with Crippen LogP contribution in [0.5, 0.6) is 11.5 Å². The summed E-state index contributed by atoms with van der Waals surface area (Å²) in [7, 11) is 3.09. The van der Waals surface area contributed by atoms with Gasteiger partial charge in [-0.2, -0.15) is 0 Å². The predicted molar refractivity (Wildman–Crippen MR) is 112 cm³/mol. The molecular weight excluding hydrogens is 386 g/mol. The summed E-state index contributed by atoms with van der Waals surface area (Å²) in [5.74, 6) is 0.765. The largest absolute Gasteiger partial charge is 0.497 e. The van der Waals surface area contributed by atoms with Crippen LogP contribution in [0.3, 0.4) is 0 Å². The Hall–Kier alpha value is -3.74. The van der Waals surface area contributed by atoms with Crippen molar-refractivity contribution in [2.75, 3.05) is 20.8 Å². The Balaban J connectivity index is 1.51. The molecule has 7 heteroatoms. The van der Waals surface area contributed by atoms with Gasteiger partial charge in [0.05, 0.1) is 20.3 Å². The molecule has 3 rings (SSSR count). The van der Waals surface area contributed by atoms with E-state index in [2.05, 4.69) is 5.32 Å². The molecule has 0 fully saturated rings. The second-order valence-corrected chi connectivity index (χ2v) is 6.56. The topological polar surface area (TPSA) is 87.0 Å². The van der Waals surface area contributed by atoms with Crippen molar-refractivity contribution in [2.45, 2.75) is 13.0 Å². The Labute approximate surface area is 174 Å². The Kier molecular flexibility index (Phi) is 6.75. The summed E-state index contributed by atoms with van der Waals surface area (Å²) in [6.07, 6.45) is 2.80. The summed E-state index contributed by atoms with van der Waals surface area (Å²) in [5.41, 5.74) is 1.45. The summed E-state index contributed by atoms with van der Waals surface area (Å²) < 4.78 is 21.1. The lowest BCUT2D eigenvalue weighted by Gasteiger charge is -2.11. The van der Waals surface area contributed by atoms with E-state index in [1.807, 2.05) is 30.3 Å². The normalized spacial score (nSPS) is 12.0. The third-order valence-corrected chi connectivity index (χ3v) is 4.38. The maximum atomic E-state index is 12.1. The fourth-order valence-corrected chi connectivity index (χ4v) is 2.84. The van der Waals surface area contributed by atoms with Crippen molar-refractivity contribution in [3.63, 3.8) is 0 Å². The van der Waals surface area contributed by atoms with Crippen LogP contribution in [0.2, 0.25) is 0 Å². The Morgan fingerprint density at radius 2 is 1.77 bits per heavy atom. The molecule has 1 amide bonds. The zero-order valence-electron chi connectivity index (χ0n) is 17.0. The van der Waals surface area contributed by atoms with Gasteiger partial charge < -0.3 is 23.9 Å². The van der Waals surface area contributed by atoms with Crippen molar-refractivity contribution in [2.24, 2.45) is 0 Å². The molecule has 0 radical (unpaired) electrons. The molecule has 0 aliphatic rings. The van der Waals surface area contributed by atoms with E-state index in [0.717, 1.165) is 11.0 Å². The van der Waals surface area contributed by atoms with Crippen molar-refractivity contribution < 1.29 is 28.2 Å². The van der Waals surface area contributed by atoms with Crippen LogP contribution >= 0.6 is 0 Å². The number of carbonyl (C=O) groups excluding carboxylic acids is 2. The third-order valence-electron chi connectivity index (χ3n) is 4.38. The van der Waals surface area contributed by atoms with Crippen LogP contribution in [0.1, 0.15) is 24.3 Å². The van der Waals surface area contributed by atoms with E-state index in [0.29, 0.717) is 22.8 Å². The molecule has 3 aromatic rings. The summed E-state index contributed by atoms with van der Waals surface area (Å²) in [5, 5.41) is 3.71. The summed E-state index contributed by atoms with van der Waals surface area (Å²) in [6, 6.07) is 14.3. The first-order valence-electron chi connectivity index (χ1n) is 9.34. The number of ether oxygens (including phenoxy) is 3. The van der Waals surface area contributed by atoms with Gasteiger partial charge in [0, 0.05) is 17.5 Å². The second-order valence-electron chi connectivity index (χ2n) is 6.56. The van der Waals surface area contributed by atoms with Crippen molar-refractivity contribution in [1.82, 2.24) is 5.32 Å². The van der Waals surface area contributed by atoms with Crippen LogP contribution in [0.15, 0.2) is 59.0 Å². The number of fused-ring (bicyclic) bond motifs is 1. The average molecular weight is 409 g/mol. The first-order chi connectivity index (χ1) is 14.5. The van der Waals surface area contributed by atoms with Crippen LogP contribution in [0.25, 0.3) is 17.0 Å². The number of rotatable bonds is 8. The molecule has 0 unspecified atom stereocenters. The van der Waals surface area contributed by atoms with Crippen molar-refractivity contribution in [3.05, 3.63) is 65.9 Å². The van der Waals surface area contributed by atoms with E-state index in [4.69, 9.17) is 18.6 Å². The fraction of sp³-hybridized carbons (Fsp3) is 0.217. The Morgan fingerprint density at radius 3 is 2.43 bits per heavy atom. The van der Waals surface area contributed by atoms with Crippen molar-refractivity contribution in [3.8, 4) is 11.5 Å². The lowest BCUT2D eigenvalue weighted by Crippen LogP contribution is -2.30. The number of benzene rings is 2. The lowest BCUT2D eigenvalue weighted by atomic mass is 10.2. The molecule has 0 bridgehead atoms. The molecule has 1 aromatic heterocycles. The van der Waals surface area contributed by atoms with E-state index in [9.17, 15) is 9.59 Å². The van der Waals surface area contributed by atoms with Gasteiger partial charge in [0.1, 0.15) is 22.8 Å². The highest BCUT2D eigenvalue weighted by atomic mass is 16.5. The zero-order chi connectivity index (χ0) is 21.5. The monoisotopic (exact) mass is 409 g/mol. The number of furan rings is 1. The van der Waals surface area contributed by atoms with Crippen LogP contribution in [-0.2, 0) is 14.3 Å². The smallest absolute Gasteiger partial charge is 0.331 e. The highest BCUT2D eigenvalue weighted by Gasteiger charge is 2.15. The van der Waals surface area contributed by atoms with E-state index >= 15 is 0 Å². The summed E-state index contributed by atoms with van der Waals surface area (Å²) >= 11 is 0. The number of nitrogens with one attached hydrogen (secondary N) is 1. The van der Waals surface area contributed by atoms with Gasteiger partial charge in [-0.15, -0.1) is 0 Å². The molecule has 0 saturated heterocycles. The van der Waals surface area contributed by atoms with Crippen LogP contribution in [0, 0.1) is 0 Å². The van der Waals surface area contributed by atoms with Crippen LogP contribution in [-0.4, -0.2) is 32.7 Å². The molecule has 0 saturated carbocycles. The SMILES string of the molecule is COc1cc(/C=C/C(=O)OCC(=O)N[C@H](C)c2cc3ccccc3o2)cc(OC)c1. The maximum Gasteiger partial charge on any atom is 0.331 e. The Bertz CT molecular complexity index is 1010. The van der Waals surface area contributed by atoms with Gasteiger partial charge in [-0.25, -0.2) is 4.79 Å². The number of hydrogen-bond acceptors (Lipinski definition) is 6. The lowest BCUT2D eigenvalue weighted by molar-refractivity contribution is -0.144. The number of amides is 1. The van der Waals surface area contributed by atoms with Gasteiger partial charge >= 0.3 is 5.97 Å². The van der Waals surface area contributed by atoms with Crippen molar-refractivity contribution in [1.29, 1.82) is 0 Å². The van der Waals surface area contributed by atoms with Gasteiger partial charge in [0.2, 0.25) is 0 Å². The molecule has 0 aliphatic heterocycles. The molecule has 1 N–H and O–H groups in total. The van der Waals surface area contributed by atoms with E-state index in [1.54, 1.807) is 45.4 Å². The standard InChI is InChI=1S/C23H23NO6/c1-15(21-12-17-6-4-5-7-20(17)30-21)24-22(25)14-29-23(26)9-8-16-10-18(27-2)13-19(11-16)28-3/h4-13,15H,14H2,1-3H3,(H,24,25)/b9-8+/t15-/m1/s1. The quantitative estimate of drug-likeness (QED) is 0.449. The van der Waals surface area contributed by atoms with Crippen LogP contribution in [0.4, 0.5) is 0 Å². The fourth-order valence-electron chi connectivity index (χ4n) is 2.84. The minimum atomic E-state index is -0.636. The summed E-state index contributed by atoms with van der Waals surface area (Å²) in [4.78, 5) is 24.0. The Morgan fingerprint density at radius 1 is 1.07 bits per heavy atom. The number of esters is 1. The van der Waals surface area contributed by atoms with E-state index < -0.39 is 18.5 Å². The van der Waals surface area contributed by atoms with Crippen LogP contribution < -0.4 is 14.8 Å². The number of methoxy groups -OCH3 is 2. The van der Waals surface area contributed by atoms with Gasteiger partial charge in [-0.3, -0.25) is 4.79 Å². The number of carbonyl (C=O) groups is 2. The number of para-hydroxylation sites is 1. The molecular formula is C23H23NO6. The van der Waals surface area contributed by atoms with Crippen molar-refractivity contribution >= 4 is 28.9 Å². The second kappa shape index (κ2) is 9.65. The van der Waals surface area contributed by atoms with Gasteiger partial charge in [-0.05, 0) is 42.8 Å². The highest BCUT2D eigenvalue weighted by molar-refractivity contribution is 5.89. The molecule has 7 nitrogen and oxygen atoms in total. The van der Waals surface area contributed by atoms with Gasteiger partial charge in [0.25, 0.3) is 5.91 Å². The molecule has 0 spiro atoms.